The molecule has 0 aliphatic heterocycles. The predicted molar refractivity (Wildman–Crippen MR) is 68.1 cm³/mol. The summed E-state index contributed by atoms with van der Waals surface area (Å²) < 4.78 is 18.6. The zero-order chi connectivity index (χ0) is 14.7. The van der Waals surface area contributed by atoms with Gasteiger partial charge in [0.2, 0.25) is 17.5 Å². The molecule has 0 spiro atoms. The fourth-order valence-electron chi connectivity index (χ4n) is 1.57. The highest BCUT2D eigenvalue weighted by molar-refractivity contribution is 5.92. The standard InChI is InChI=1S/C13H9FN2O4/c14-10-2-1-3-11(12(10)16(18)19)20-9-6-4-8(5-7-9)13(15)17/h1-7H,(H2,15,17). The summed E-state index contributed by atoms with van der Waals surface area (Å²) >= 11 is 0. The van der Waals surface area contributed by atoms with E-state index in [2.05, 4.69) is 0 Å². The first-order valence-corrected chi connectivity index (χ1v) is 5.49. The SMILES string of the molecule is NC(=O)c1ccc(Oc2cccc(F)c2[N+](=O)[O-])cc1. The molecule has 102 valence electrons. The average molecular weight is 276 g/mol. The molecule has 2 aromatic rings. The van der Waals surface area contributed by atoms with Crippen molar-refractivity contribution in [3.8, 4) is 11.5 Å². The minimum atomic E-state index is -0.985. The van der Waals surface area contributed by atoms with Crippen molar-refractivity contribution < 1.29 is 18.8 Å². The first-order chi connectivity index (χ1) is 9.49. The zero-order valence-corrected chi connectivity index (χ0v) is 10.1. The van der Waals surface area contributed by atoms with Crippen LogP contribution in [0.4, 0.5) is 10.1 Å². The van der Waals surface area contributed by atoms with Crippen molar-refractivity contribution in [3.05, 3.63) is 64.0 Å². The van der Waals surface area contributed by atoms with Crippen LogP contribution in [0.3, 0.4) is 0 Å². The molecular formula is C13H9FN2O4. The largest absolute Gasteiger partial charge is 0.450 e. The molecule has 0 aliphatic rings. The Labute approximate surface area is 112 Å². The third-order valence-electron chi connectivity index (χ3n) is 2.50. The maximum atomic E-state index is 13.4. The molecule has 7 heteroatoms. The predicted octanol–water partition coefficient (Wildman–Crippen LogP) is 2.63. The number of hydrogen-bond donors (Lipinski definition) is 1. The van der Waals surface area contributed by atoms with Crippen LogP contribution >= 0.6 is 0 Å². The van der Waals surface area contributed by atoms with Gasteiger partial charge in [-0.05, 0) is 36.4 Å². The quantitative estimate of drug-likeness (QED) is 0.685. The monoisotopic (exact) mass is 276 g/mol. The lowest BCUT2D eigenvalue weighted by molar-refractivity contribution is -0.388. The second-order valence-electron chi connectivity index (χ2n) is 3.83. The van der Waals surface area contributed by atoms with E-state index < -0.39 is 22.3 Å². The van der Waals surface area contributed by atoms with Gasteiger partial charge < -0.3 is 10.5 Å². The van der Waals surface area contributed by atoms with E-state index in [1.54, 1.807) is 0 Å². The average Bonchev–Trinajstić information content (AvgIpc) is 2.39. The number of carbonyl (C=O) groups is 1. The van der Waals surface area contributed by atoms with Crippen molar-refractivity contribution >= 4 is 11.6 Å². The van der Waals surface area contributed by atoms with Crippen molar-refractivity contribution in [2.75, 3.05) is 0 Å². The minimum Gasteiger partial charge on any atom is -0.450 e. The molecule has 0 aliphatic carbocycles. The van der Waals surface area contributed by atoms with Crippen molar-refractivity contribution in [3.63, 3.8) is 0 Å². The number of hydrogen-bond acceptors (Lipinski definition) is 4. The van der Waals surface area contributed by atoms with Gasteiger partial charge in [-0.15, -0.1) is 0 Å². The third-order valence-corrected chi connectivity index (χ3v) is 2.50. The number of para-hydroxylation sites is 1. The van der Waals surface area contributed by atoms with Gasteiger partial charge >= 0.3 is 5.69 Å². The van der Waals surface area contributed by atoms with Gasteiger partial charge in [-0.1, -0.05) is 6.07 Å². The highest BCUT2D eigenvalue weighted by atomic mass is 19.1. The molecule has 2 rings (SSSR count). The van der Waals surface area contributed by atoms with Crippen molar-refractivity contribution in [1.82, 2.24) is 0 Å². The second-order valence-corrected chi connectivity index (χ2v) is 3.83. The maximum absolute atomic E-state index is 13.4. The Hall–Kier alpha value is -2.96. The molecule has 6 nitrogen and oxygen atoms in total. The van der Waals surface area contributed by atoms with Crippen LogP contribution in [-0.2, 0) is 0 Å². The van der Waals surface area contributed by atoms with Crippen LogP contribution in [0.1, 0.15) is 10.4 Å². The van der Waals surface area contributed by atoms with Gasteiger partial charge in [0.15, 0.2) is 0 Å². The third kappa shape index (κ3) is 2.72. The summed E-state index contributed by atoms with van der Waals surface area (Å²) in [6.45, 7) is 0. The maximum Gasteiger partial charge on any atom is 0.346 e. The smallest absolute Gasteiger partial charge is 0.346 e. The van der Waals surface area contributed by atoms with Crippen molar-refractivity contribution in [1.29, 1.82) is 0 Å². The van der Waals surface area contributed by atoms with Crippen LogP contribution in [0.2, 0.25) is 0 Å². The van der Waals surface area contributed by atoms with Crippen LogP contribution in [0.15, 0.2) is 42.5 Å². The summed E-state index contributed by atoms with van der Waals surface area (Å²) in [6, 6.07) is 9.19. The second kappa shape index (κ2) is 5.35. The van der Waals surface area contributed by atoms with E-state index >= 15 is 0 Å². The topological polar surface area (TPSA) is 95.5 Å². The summed E-state index contributed by atoms with van der Waals surface area (Å²) in [5.74, 6) is -1.58. The molecule has 0 heterocycles. The number of nitro groups is 1. The van der Waals surface area contributed by atoms with E-state index in [9.17, 15) is 19.3 Å². The van der Waals surface area contributed by atoms with Crippen LogP contribution in [0, 0.1) is 15.9 Å². The van der Waals surface area contributed by atoms with E-state index in [0.717, 1.165) is 6.07 Å². The summed E-state index contributed by atoms with van der Waals surface area (Å²) in [6.07, 6.45) is 0. The lowest BCUT2D eigenvalue weighted by Gasteiger charge is -2.06. The molecule has 0 aromatic heterocycles. The Morgan fingerprint density at radius 1 is 1.20 bits per heavy atom. The number of nitrogens with two attached hydrogens (primary N) is 1. The molecule has 0 bridgehead atoms. The van der Waals surface area contributed by atoms with E-state index in [1.807, 2.05) is 0 Å². The summed E-state index contributed by atoms with van der Waals surface area (Å²) in [5.41, 5.74) is 4.61. The van der Waals surface area contributed by atoms with Gasteiger partial charge in [-0.25, -0.2) is 0 Å². The van der Waals surface area contributed by atoms with Gasteiger partial charge in [0.1, 0.15) is 5.75 Å². The number of halogens is 1. The van der Waals surface area contributed by atoms with Crippen LogP contribution < -0.4 is 10.5 Å². The number of nitro benzene ring substituents is 1. The molecule has 20 heavy (non-hydrogen) atoms. The van der Waals surface area contributed by atoms with Gasteiger partial charge in [0, 0.05) is 5.56 Å². The highest BCUT2D eigenvalue weighted by Gasteiger charge is 2.21. The fourth-order valence-corrected chi connectivity index (χ4v) is 1.57. The molecule has 0 unspecified atom stereocenters. The lowest BCUT2D eigenvalue weighted by Crippen LogP contribution is -2.10. The number of amides is 1. The summed E-state index contributed by atoms with van der Waals surface area (Å²) in [4.78, 5) is 20.8. The van der Waals surface area contributed by atoms with E-state index in [1.165, 1.54) is 36.4 Å². The molecule has 0 saturated carbocycles. The number of carbonyl (C=O) groups excluding carboxylic acids is 1. The number of primary amides is 1. The fraction of sp³-hybridized carbons (Fsp3) is 0. The summed E-state index contributed by atoms with van der Waals surface area (Å²) in [5, 5.41) is 10.8. The molecule has 1 amide bonds. The normalized spacial score (nSPS) is 10.1. The Morgan fingerprint density at radius 2 is 1.85 bits per heavy atom. The van der Waals surface area contributed by atoms with Gasteiger partial charge in [-0.3, -0.25) is 14.9 Å². The van der Waals surface area contributed by atoms with Gasteiger partial charge in [-0.2, -0.15) is 4.39 Å². The Morgan fingerprint density at radius 3 is 2.40 bits per heavy atom. The molecule has 0 radical (unpaired) electrons. The first-order valence-electron chi connectivity index (χ1n) is 5.49. The van der Waals surface area contributed by atoms with E-state index in [-0.39, 0.29) is 17.1 Å². The van der Waals surface area contributed by atoms with Crippen LogP contribution in [-0.4, -0.2) is 10.8 Å². The Balaban J connectivity index is 2.33. The van der Waals surface area contributed by atoms with Crippen molar-refractivity contribution in [2.45, 2.75) is 0 Å². The first kappa shape index (κ1) is 13.5. The number of ether oxygens (including phenoxy) is 1. The molecule has 2 N–H and O–H groups in total. The van der Waals surface area contributed by atoms with Gasteiger partial charge in [0.05, 0.1) is 4.92 Å². The van der Waals surface area contributed by atoms with Crippen molar-refractivity contribution in [2.24, 2.45) is 5.73 Å². The number of rotatable bonds is 4. The Bertz CT molecular complexity index is 671. The number of benzene rings is 2. The minimum absolute atomic E-state index is 0.221. The summed E-state index contributed by atoms with van der Waals surface area (Å²) in [7, 11) is 0. The van der Waals surface area contributed by atoms with E-state index in [4.69, 9.17) is 10.5 Å². The van der Waals surface area contributed by atoms with Crippen LogP contribution in [0.25, 0.3) is 0 Å². The highest BCUT2D eigenvalue weighted by Crippen LogP contribution is 2.33. The van der Waals surface area contributed by atoms with E-state index in [0.29, 0.717) is 0 Å². The molecule has 0 atom stereocenters. The number of nitrogens with zero attached hydrogens (tertiary/aromatic N) is 1. The Kier molecular flexibility index (Phi) is 3.60. The van der Waals surface area contributed by atoms with Crippen LogP contribution in [0.5, 0.6) is 11.5 Å². The van der Waals surface area contributed by atoms with Gasteiger partial charge in [0.25, 0.3) is 0 Å². The lowest BCUT2D eigenvalue weighted by atomic mass is 10.2. The molecule has 2 aromatic carbocycles. The zero-order valence-electron chi connectivity index (χ0n) is 10.1. The molecular weight excluding hydrogens is 267 g/mol. The molecule has 0 fully saturated rings. The molecule has 0 saturated heterocycles.